The second-order valence-corrected chi connectivity index (χ2v) is 6.18. The van der Waals surface area contributed by atoms with Crippen LogP contribution in [0.3, 0.4) is 0 Å². The van der Waals surface area contributed by atoms with Gasteiger partial charge in [-0.25, -0.2) is 0 Å². The van der Waals surface area contributed by atoms with Crippen LogP contribution in [0.4, 0.5) is 0 Å². The van der Waals surface area contributed by atoms with Crippen molar-refractivity contribution in [1.29, 1.82) is 0 Å². The van der Waals surface area contributed by atoms with Gasteiger partial charge < -0.3 is 10.5 Å². The number of halogens is 1. The molecular formula is C18H22ClNO. The molecule has 0 radical (unpaired) electrons. The molecule has 21 heavy (non-hydrogen) atoms. The van der Waals surface area contributed by atoms with Crippen LogP contribution in [0.5, 0.6) is 11.5 Å². The lowest BCUT2D eigenvalue weighted by molar-refractivity contribution is 0.469. The van der Waals surface area contributed by atoms with E-state index in [9.17, 15) is 0 Å². The van der Waals surface area contributed by atoms with Crippen LogP contribution in [-0.2, 0) is 6.42 Å². The quantitative estimate of drug-likeness (QED) is 0.867. The van der Waals surface area contributed by atoms with Crippen molar-refractivity contribution in [2.75, 3.05) is 0 Å². The third kappa shape index (κ3) is 3.99. The average molecular weight is 304 g/mol. The molecule has 112 valence electrons. The molecule has 2 aromatic rings. The highest BCUT2D eigenvalue weighted by Gasteiger charge is 2.11. The summed E-state index contributed by atoms with van der Waals surface area (Å²) in [4.78, 5) is 0. The van der Waals surface area contributed by atoms with Gasteiger partial charge in [-0.05, 0) is 80.6 Å². The number of rotatable bonds is 4. The molecule has 2 aromatic carbocycles. The van der Waals surface area contributed by atoms with Gasteiger partial charge in [0.15, 0.2) is 0 Å². The van der Waals surface area contributed by atoms with Crippen molar-refractivity contribution in [2.45, 2.75) is 40.2 Å². The molecule has 0 saturated heterocycles. The first-order chi connectivity index (χ1) is 9.86. The minimum Gasteiger partial charge on any atom is -0.457 e. The summed E-state index contributed by atoms with van der Waals surface area (Å²) < 4.78 is 6.14. The maximum absolute atomic E-state index is 6.14. The van der Waals surface area contributed by atoms with Crippen molar-refractivity contribution < 1.29 is 4.74 Å². The van der Waals surface area contributed by atoms with Crippen LogP contribution in [-0.4, -0.2) is 6.04 Å². The number of hydrogen-bond donors (Lipinski definition) is 1. The first-order valence-corrected chi connectivity index (χ1v) is 7.54. The molecule has 2 rings (SSSR count). The summed E-state index contributed by atoms with van der Waals surface area (Å²) in [7, 11) is 0. The Kier molecular flexibility index (Phi) is 4.92. The lowest BCUT2D eigenvalue weighted by atomic mass is 10.0. The van der Waals surface area contributed by atoms with E-state index >= 15 is 0 Å². The average Bonchev–Trinajstić information content (AvgIpc) is 2.37. The van der Waals surface area contributed by atoms with Crippen LogP contribution in [0.25, 0.3) is 0 Å². The largest absolute Gasteiger partial charge is 0.457 e. The lowest BCUT2D eigenvalue weighted by Crippen LogP contribution is -2.18. The molecule has 0 aromatic heterocycles. The molecule has 0 amide bonds. The Morgan fingerprint density at radius 2 is 1.81 bits per heavy atom. The van der Waals surface area contributed by atoms with E-state index in [0.29, 0.717) is 5.02 Å². The predicted molar refractivity (Wildman–Crippen MR) is 89.5 cm³/mol. The van der Waals surface area contributed by atoms with Gasteiger partial charge in [-0.2, -0.15) is 0 Å². The van der Waals surface area contributed by atoms with Crippen LogP contribution in [0, 0.1) is 20.8 Å². The Balaban J connectivity index is 2.40. The van der Waals surface area contributed by atoms with E-state index in [1.165, 1.54) is 11.1 Å². The SMILES string of the molecule is Cc1cc(C)c(C)c(Oc2ccc(Cl)cc2CC(C)N)c1. The van der Waals surface area contributed by atoms with E-state index in [1.54, 1.807) is 0 Å². The summed E-state index contributed by atoms with van der Waals surface area (Å²) in [5.74, 6) is 1.71. The lowest BCUT2D eigenvalue weighted by Gasteiger charge is -2.16. The van der Waals surface area contributed by atoms with Gasteiger partial charge in [-0.15, -0.1) is 0 Å². The van der Waals surface area contributed by atoms with Crippen molar-refractivity contribution in [3.8, 4) is 11.5 Å². The molecule has 0 bridgehead atoms. The van der Waals surface area contributed by atoms with Gasteiger partial charge in [0, 0.05) is 11.1 Å². The Bertz CT molecular complexity index is 650. The second kappa shape index (κ2) is 6.50. The molecule has 0 fully saturated rings. The van der Waals surface area contributed by atoms with Crippen molar-refractivity contribution in [1.82, 2.24) is 0 Å². The van der Waals surface area contributed by atoms with E-state index in [2.05, 4.69) is 32.9 Å². The third-order valence-corrected chi connectivity index (χ3v) is 3.78. The highest BCUT2D eigenvalue weighted by Crippen LogP contribution is 2.32. The van der Waals surface area contributed by atoms with Crippen LogP contribution in [0.15, 0.2) is 30.3 Å². The zero-order chi connectivity index (χ0) is 15.6. The normalized spacial score (nSPS) is 12.3. The fourth-order valence-electron chi connectivity index (χ4n) is 2.38. The molecule has 3 heteroatoms. The third-order valence-electron chi connectivity index (χ3n) is 3.55. The molecule has 1 unspecified atom stereocenters. The van der Waals surface area contributed by atoms with Crippen LogP contribution in [0.2, 0.25) is 5.02 Å². The number of aryl methyl sites for hydroxylation is 2. The van der Waals surface area contributed by atoms with Crippen LogP contribution >= 0.6 is 11.6 Å². The summed E-state index contributed by atoms with van der Waals surface area (Å²) in [5.41, 5.74) is 10.5. The molecule has 1 atom stereocenters. The van der Waals surface area contributed by atoms with Gasteiger partial charge in [0.2, 0.25) is 0 Å². The van der Waals surface area contributed by atoms with Gasteiger partial charge in [-0.1, -0.05) is 17.7 Å². The summed E-state index contributed by atoms with van der Waals surface area (Å²) in [6.07, 6.45) is 0.736. The number of benzene rings is 2. The van der Waals surface area contributed by atoms with E-state index in [-0.39, 0.29) is 6.04 Å². The number of ether oxygens (including phenoxy) is 1. The maximum Gasteiger partial charge on any atom is 0.130 e. The Hall–Kier alpha value is -1.51. The van der Waals surface area contributed by atoms with Crippen molar-refractivity contribution in [2.24, 2.45) is 5.73 Å². The van der Waals surface area contributed by atoms with Gasteiger partial charge in [0.1, 0.15) is 11.5 Å². The summed E-state index contributed by atoms with van der Waals surface area (Å²) in [5, 5.41) is 0.704. The van der Waals surface area contributed by atoms with Crippen LogP contribution < -0.4 is 10.5 Å². The smallest absolute Gasteiger partial charge is 0.130 e. The molecule has 0 aliphatic heterocycles. The fraction of sp³-hybridized carbons (Fsp3) is 0.333. The Morgan fingerprint density at radius 1 is 1.10 bits per heavy atom. The molecular weight excluding hydrogens is 282 g/mol. The van der Waals surface area contributed by atoms with Gasteiger partial charge in [0.05, 0.1) is 0 Å². The van der Waals surface area contributed by atoms with Gasteiger partial charge >= 0.3 is 0 Å². The molecule has 0 heterocycles. The van der Waals surface area contributed by atoms with Gasteiger partial charge in [-0.3, -0.25) is 0 Å². The molecule has 0 aliphatic carbocycles. The highest BCUT2D eigenvalue weighted by atomic mass is 35.5. The van der Waals surface area contributed by atoms with E-state index in [0.717, 1.165) is 29.0 Å². The maximum atomic E-state index is 6.14. The molecule has 0 aliphatic rings. The topological polar surface area (TPSA) is 35.2 Å². The predicted octanol–water partition coefficient (Wildman–Crippen LogP) is 4.95. The Morgan fingerprint density at radius 3 is 2.48 bits per heavy atom. The molecule has 2 N–H and O–H groups in total. The minimum atomic E-state index is 0.0613. The van der Waals surface area contributed by atoms with Crippen molar-refractivity contribution in [3.63, 3.8) is 0 Å². The molecule has 2 nitrogen and oxygen atoms in total. The fourth-order valence-corrected chi connectivity index (χ4v) is 2.57. The monoisotopic (exact) mass is 303 g/mol. The Labute approximate surface area is 131 Å². The minimum absolute atomic E-state index is 0.0613. The van der Waals surface area contributed by atoms with E-state index in [1.807, 2.05) is 25.1 Å². The van der Waals surface area contributed by atoms with E-state index < -0.39 is 0 Å². The van der Waals surface area contributed by atoms with E-state index in [4.69, 9.17) is 22.1 Å². The standard InChI is InChI=1S/C18H22ClNO/c1-11-7-12(2)14(4)18(8-11)21-17-6-5-16(19)10-15(17)9-13(3)20/h5-8,10,13H,9,20H2,1-4H3. The zero-order valence-corrected chi connectivity index (χ0v) is 13.8. The zero-order valence-electron chi connectivity index (χ0n) is 13.0. The second-order valence-electron chi connectivity index (χ2n) is 5.74. The first kappa shape index (κ1) is 15.9. The summed E-state index contributed by atoms with van der Waals surface area (Å²) in [6.45, 7) is 8.22. The summed E-state index contributed by atoms with van der Waals surface area (Å²) in [6, 6.07) is 9.97. The van der Waals surface area contributed by atoms with Crippen LogP contribution in [0.1, 0.15) is 29.2 Å². The highest BCUT2D eigenvalue weighted by molar-refractivity contribution is 6.30. The number of hydrogen-bond acceptors (Lipinski definition) is 2. The van der Waals surface area contributed by atoms with Crippen molar-refractivity contribution in [3.05, 3.63) is 57.6 Å². The summed E-state index contributed by atoms with van der Waals surface area (Å²) >= 11 is 6.09. The molecule has 0 spiro atoms. The first-order valence-electron chi connectivity index (χ1n) is 7.16. The van der Waals surface area contributed by atoms with Gasteiger partial charge in [0.25, 0.3) is 0 Å². The molecule has 0 saturated carbocycles. The van der Waals surface area contributed by atoms with Crippen molar-refractivity contribution >= 4 is 11.6 Å². The number of nitrogens with two attached hydrogens (primary N) is 1.